The molecule has 0 aliphatic carbocycles. The van der Waals surface area contributed by atoms with Gasteiger partial charge < -0.3 is 5.73 Å². The Morgan fingerprint density at radius 3 is 2.21 bits per heavy atom. The molecule has 0 aromatic heterocycles. The molecule has 0 aliphatic rings. The molecule has 1 aromatic carbocycles. The number of nitrogens with two attached hydrogens (primary N) is 1. The average molecular weight is 186 g/mol. The van der Waals surface area contributed by atoms with E-state index in [-0.39, 0.29) is 0 Å². The molecule has 2 heteroatoms. The Bertz CT molecular complexity index is 437. The molecule has 14 heavy (non-hydrogen) atoms. The lowest BCUT2D eigenvalue weighted by atomic mass is 9.92. The Morgan fingerprint density at radius 2 is 1.79 bits per heavy atom. The molecule has 0 amide bonds. The van der Waals surface area contributed by atoms with Crippen LogP contribution in [0.25, 0.3) is 6.08 Å². The SMILES string of the molecule is C=Cc1c(C)c(N)c(C)c(C#N)c1C. The lowest BCUT2D eigenvalue weighted by molar-refractivity contribution is 1.27. The first-order valence-electron chi connectivity index (χ1n) is 4.46. The Hall–Kier alpha value is -1.75. The summed E-state index contributed by atoms with van der Waals surface area (Å²) >= 11 is 0. The number of benzene rings is 1. The van der Waals surface area contributed by atoms with Crippen molar-refractivity contribution in [2.24, 2.45) is 0 Å². The Kier molecular flexibility index (Phi) is 2.62. The van der Waals surface area contributed by atoms with Gasteiger partial charge in [0.25, 0.3) is 0 Å². The van der Waals surface area contributed by atoms with Crippen molar-refractivity contribution in [3.05, 3.63) is 34.4 Å². The van der Waals surface area contributed by atoms with Crippen molar-refractivity contribution in [2.75, 3.05) is 5.73 Å². The van der Waals surface area contributed by atoms with Crippen molar-refractivity contribution in [3.8, 4) is 6.07 Å². The third-order valence-electron chi connectivity index (χ3n) is 2.68. The molecule has 2 nitrogen and oxygen atoms in total. The minimum atomic E-state index is 0.669. The maximum atomic E-state index is 8.99. The van der Waals surface area contributed by atoms with Crippen LogP contribution in [-0.2, 0) is 0 Å². The molecule has 0 saturated heterocycles. The molecular weight excluding hydrogens is 172 g/mol. The molecule has 72 valence electrons. The normalized spacial score (nSPS) is 9.57. The third kappa shape index (κ3) is 1.27. The summed E-state index contributed by atoms with van der Waals surface area (Å²) in [7, 11) is 0. The van der Waals surface area contributed by atoms with E-state index in [1.807, 2.05) is 20.8 Å². The van der Waals surface area contributed by atoms with Crippen molar-refractivity contribution in [3.63, 3.8) is 0 Å². The van der Waals surface area contributed by atoms with Crippen molar-refractivity contribution in [1.82, 2.24) is 0 Å². The van der Waals surface area contributed by atoms with E-state index in [9.17, 15) is 0 Å². The summed E-state index contributed by atoms with van der Waals surface area (Å²) in [5.74, 6) is 0. The first-order valence-corrected chi connectivity index (χ1v) is 4.46. The monoisotopic (exact) mass is 186 g/mol. The van der Waals surface area contributed by atoms with Gasteiger partial charge in [0.2, 0.25) is 0 Å². The fourth-order valence-corrected chi connectivity index (χ4v) is 1.73. The summed E-state index contributed by atoms with van der Waals surface area (Å²) in [5, 5.41) is 8.99. The first kappa shape index (κ1) is 10.3. The largest absolute Gasteiger partial charge is 0.398 e. The second-order valence-electron chi connectivity index (χ2n) is 3.39. The topological polar surface area (TPSA) is 49.8 Å². The average Bonchev–Trinajstić information content (AvgIpc) is 2.16. The molecule has 1 rings (SSSR count). The van der Waals surface area contributed by atoms with Crippen LogP contribution < -0.4 is 5.73 Å². The van der Waals surface area contributed by atoms with Crippen LogP contribution in [0.4, 0.5) is 5.69 Å². The second-order valence-corrected chi connectivity index (χ2v) is 3.39. The lowest BCUT2D eigenvalue weighted by Crippen LogP contribution is -2.02. The van der Waals surface area contributed by atoms with Gasteiger partial charge in [-0.15, -0.1) is 0 Å². The zero-order chi connectivity index (χ0) is 10.9. The van der Waals surface area contributed by atoms with Crippen LogP contribution in [0.15, 0.2) is 6.58 Å². The van der Waals surface area contributed by atoms with Crippen molar-refractivity contribution >= 4 is 11.8 Å². The highest BCUT2D eigenvalue weighted by atomic mass is 14.6. The van der Waals surface area contributed by atoms with Gasteiger partial charge in [-0.1, -0.05) is 12.7 Å². The summed E-state index contributed by atoms with van der Waals surface area (Å²) in [5.41, 5.74) is 11.1. The zero-order valence-electron chi connectivity index (χ0n) is 8.81. The maximum Gasteiger partial charge on any atom is 0.0998 e. The number of nitriles is 1. The van der Waals surface area contributed by atoms with Crippen LogP contribution in [0.2, 0.25) is 0 Å². The minimum absolute atomic E-state index is 0.669. The molecule has 0 unspecified atom stereocenters. The fourth-order valence-electron chi connectivity index (χ4n) is 1.73. The highest BCUT2D eigenvalue weighted by Gasteiger charge is 2.12. The third-order valence-corrected chi connectivity index (χ3v) is 2.68. The number of nitrogen functional groups attached to an aromatic ring is 1. The van der Waals surface area contributed by atoms with Crippen molar-refractivity contribution < 1.29 is 0 Å². The van der Waals surface area contributed by atoms with Gasteiger partial charge >= 0.3 is 0 Å². The minimum Gasteiger partial charge on any atom is -0.398 e. The van der Waals surface area contributed by atoms with Gasteiger partial charge in [0.1, 0.15) is 0 Å². The first-order chi connectivity index (χ1) is 6.54. The molecule has 0 atom stereocenters. The molecule has 1 aromatic rings. The van der Waals surface area contributed by atoms with Gasteiger partial charge in [-0.3, -0.25) is 0 Å². The zero-order valence-corrected chi connectivity index (χ0v) is 8.81. The van der Waals surface area contributed by atoms with E-state index in [0.29, 0.717) is 11.3 Å². The van der Waals surface area contributed by atoms with E-state index < -0.39 is 0 Å². The summed E-state index contributed by atoms with van der Waals surface area (Å²) in [6.45, 7) is 9.49. The van der Waals surface area contributed by atoms with Crippen molar-refractivity contribution in [1.29, 1.82) is 5.26 Å². The highest BCUT2D eigenvalue weighted by molar-refractivity contribution is 5.72. The highest BCUT2D eigenvalue weighted by Crippen LogP contribution is 2.28. The van der Waals surface area contributed by atoms with Gasteiger partial charge in [0.15, 0.2) is 0 Å². The van der Waals surface area contributed by atoms with Gasteiger partial charge in [0.05, 0.1) is 11.6 Å². The van der Waals surface area contributed by atoms with Crippen LogP contribution in [0.1, 0.15) is 27.8 Å². The van der Waals surface area contributed by atoms with E-state index in [2.05, 4.69) is 12.6 Å². The number of anilines is 1. The van der Waals surface area contributed by atoms with Crippen LogP contribution >= 0.6 is 0 Å². The Balaban J connectivity index is 3.75. The number of hydrogen-bond donors (Lipinski definition) is 1. The second kappa shape index (κ2) is 3.55. The summed E-state index contributed by atoms with van der Waals surface area (Å²) in [4.78, 5) is 0. The maximum absolute atomic E-state index is 8.99. The molecule has 0 bridgehead atoms. The van der Waals surface area contributed by atoms with E-state index in [0.717, 1.165) is 22.3 Å². The molecule has 0 heterocycles. The molecule has 2 N–H and O–H groups in total. The number of nitrogens with zero attached hydrogens (tertiary/aromatic N) is 1. The van der Waals surface area contributed by atoms with E-state index >= 15 is 0 Å². The Labute approximate surface area is 84.7 Å². The number of rotatable bonds is 1. The van der Waals surface area contributed by atoms with Crippen LogP contribution in [-0.4, -0.2) is 0 Å². The number of hydrogen-bond acceptors (Lipinski definition) is 2. The standard InChI is InChI=1S/C12H14N2/c1-5-10-7(2)11(6-13)9(4)12(14)8(10)3/h5H,1,14H2,2-4H3. The lowest BCUT2D eigenvalue weighted by Gasteiger charge is -2.13. The smallest absolute Gasteiger partial charge is 0.0998 e. The molecule has 0 radical (unpaired) electrons. The summed E-state index contributed by atoms with van der Waals surface area (Å²) in [6.07, 6.45) is 1.75. The molecule has 0 aliphatic heterocycles. The van der Waals surface area contributed by atoms with Crippen molar-refractivity contribution in [2.45, 2.75) is 20.8 Å². The predicted octanol–water partition coefficient (Wildman–Crippen LogP) is 2.71. The van der Waals surface area contributed by atoms with Crippen LogP contribution in [0.5, 0.6) is 0 Å². The van der Waals surface area contributed by atoms with Gasteiger partial charge in [0, 0.05) is 5.69 Å². The van der Waals surface area contributed by atoms with Gasteiger partial charge in [-0.2, -0.15) is 5.26 Å². The quantitative estimate of drug-likeness (QED) is 0.685. The van der Waals surface area contributed by atoms with Crippen LogP contribution in [0.3, 0.4) is 0 Å². The van der Waals surface area contributed by atoms with Gasteiger partial charge in [-0.25, -0.2) is 0 Å². The van der Waals surface area contributed by atoms with E-state index in [1.54, 1.807) is 6.08 Å². The molecule has 0 saturated carbocycles. The molecule has 0 fully saturated rings. The van der Waals surface area contributed by atoms with Crippen LogP contribution in [0, 0.1) is 32.1 Å². The van der Waals surface area contributed by atoms with E-state index in [4.69, 9.17) is 11.0 Å². The predicted molar refractivity (Wildman–Crippen MR) is 59.9 cm³/mol. The molecule has 0 spiro atoms. The van der Waals surface area contributed by atoms with Gasteiger partial charge in [-0.05, 0) is 43.0 Å². The summed E-state index contributed by atoms with van der Waals surface area (Å²) in [6, 6.07) is 2.18. The summed E-state index contributed by atoms with van der Waals surface area (Å²) < 4.78 is 0. The van der Waals surface area contributed by atoms with E-state index in [1.165, 1.54) is 0 Å². The Morgan fingerprint density at radius 1 is 1.21 bits per heavy atom. The fraction of sp³-hybridized carbons (Fsp3) is 0.250. The molecular formula is C12H14N2.